The summed E-state index contributed by atoms with van der Waals surface area (Å²) in [5.74, 6) is 0. The van der Waals surface area contributed by atoms with Gasteiger partial charge in [0.15, 0.2) is 0 Å². The van der Waals surface area contributed by atoms with E-state index in [1.165, 1.54) is 42.1 Å². The fourth-order valence-electron chi connectivity index (χ4n) is 6.85. The van der Waals surface area contributed by atoms with Crippen molar-refractivity contribution in [3.8, 4) is 22.3 Å². The van der Waals surface area contributed by atoms with Gasteiger partial charge < -0.3 is 5.41 Å². The second-order valence-electron chi connectivity index (χ2n) is 12.3. The summed E-state index contributed by atoms with van der Waals surface area (Å²) in [6.07, 6.45) is 1.92. The third-order valence-corrected chi connectivity index (χ3v) is 10.5. The number of allylic oxidation sites excluding steroid dienone is 1. The molecule has 0 amide bonds. The van der Waals surface area contributed by atoms with Crippen LogP contribution in [0.1, 0.15) is 11.1 Å². The largest absolute Gasteiger partial charge is 0.300 e. The third-order valence-electron chi connectivity index (χ3n) is 9.30. The average Bonchev–Trinajstić information content (AvgIpc) is 3.71. The second-order valence-corrected chi connectivity index (χ2v) is 13.3. The van der Waals surface area contributed by atoms with Gasteiger partial charge in [0, 0.05) is 30.9 Å². The highest BCUT2D eigenvalue weighted by molar-refractivity contribution is 7.26. The summed E-state index contributed by atoms with van der Waals surface area (Å²) in [6.45, 7) is 0. The van der Waals surface area contributed by atoms with Gasteiger partial charge >= 0.3 is 0 Å². The molecule has 0 saturated carbocycles. The fraction of sp³-hybridized carbons (Fsp3) is 0. The smallest absolute Gasteiger partial charge is 0.0716 e. The number of benzene rings is 7. The Balaban J connectivity index is 1.13. The van der Waals surface area contributed by atoms with Crippen LogP contribution in [0.25, 0.3) is 69.9 Å². The molecule has 0 radical (unpaired) electrons. The van der Waals surface area contributed by atoms with Gasteiger partial charge in [0.1, 0.15) is 0 Å². The SMILES string of the molecule is N=C(/C=C(\Nn1c2ccccc2c2ccc(-c3ccc(-c4cccc5c4sc4ccccc45)cc3)cc21)c1ccccc1)c1ccccc1. The van der Waals surface area contributed by atoms with Gasteiger partial charge in [-0.25, -0.2) is 0 Å². The molecule has 2 heterocycles. The van der Waals surface area contributed by atoms with Gasteiger partial charge in [-0.3, -0.25) is 10.1 Å². The minimum atomic E-state index is 0.444. The predicted octanol–water partition coefficient (Wildman–Crippen LogP) is 12.1. The molecule has 9 aromatic rings. The zero-order chi connectivity index (χ0) is 32.7. The average molecular weight is 646 g/mol. The van der Waals surface area contributed by atoms with Crippen LogP contribution < -0.4 is 5.43 Å². The molecule has 2 N–H and O–H groups in total. The second kappa shape index (κ2) is 12.1. The van der Waals surface area contributed by atoms with Crippen molar-refractivity contribution in [2.24, 2.45) is 0 Å². The number of nitrogens with zero attached hydrogens (tertiary/aromatic N) is 1. The van der Waals surface area contributed by atoms with Crippen molar-refractivity contribution >= 4 is 64.7 Å². The summed E-state index contributed by atoms with van der Waals surface area (Å²) in [4.78, 5) is 0. The zero-order valence-electron chi connectivity index (χ0n) is 26.6. The lowest BCUT2D eigenvalue weighted by Gasteiger charge is -2.16. The van der Waals surface area contributed by atoms with Crippen molar-refractivity contribution < 1.29 is 0 Å². The number of fused-ring (bicyclic) bond motifs is 6. The maximum atomic E-state index is 8.94. The summed E-state index contributed by atoms with van der Waals surface area (Å²) in [7, 11) is 0. The lowest BCUT2D eigenvalue weighted by atomic mass is 9.98. The Morgan fingerprint density at radius 1 is 0.510 bits per heavy atom. The lowest BCUT2D eigenvalue weighted by Crippen LogP contribution is -2.14. The Hall–Kier alpha value is -6.23. The number of thiophene rings is 1. The van der Waals surface area contributed by atoms with Crippen LogP contribution in [0.15, 0.2) is 176 Å². The van der Waals surface area contributed by atoms with E-state index in [-0.39, 0.29) is 0 Å². The van der Waals surface area contributed by atoms with Crippen LogP contribution in [0.3, 0.4) is 0 Å². The van der Waals surface area contributed by atoms with Crippen molar-refractivity contribution in [1.82, 2.24) is 4.68 Å². The van der Waals surface area contributed by atoms with Crippen LogP contribution in [-0.4, -0.2) is 10.4 Å². The molecular formula is C45H31N3S. The van der Waals surface area contributed by atoms with Crippen LogP contribution in [0.4, 0.5) is 0 Å². The minimum Gasteiger partial charge on any atom is -0.300 e. The van der Waals surface area contributed by atoms with Gasteiger partial charge in [0.25, 0.3) is 0 Å². The lowest BCUT2D eigenvalue weighted by molar-refractivity contribution is 1.06. The van der Waals surface area contributed by atoms with Crippen LogP contribution in [0.2, 0.25) is 0 Å². The van der Waals surface area contributed by atoms with E-state index in [1.54, 1.807) is 0 Å². The molecule has 9 rings (SSSR count). The van der Waals surface area contributed by atoms with Crippen molar-refractivity contribution in [2.45, 2.75) is 0 Å². The molecule has 0 aliphatic heterocycles. The fourth-order valence-corrected chi connectivity index (χ4v) is 8.09. The first-order valence-electron chi connectivity index (χ1n) is 16.4. The van der Waals surface area contributed by atoms with Gasteiger partial charge in [0.2, 0.25) is 0 Å². The highest BCUT2D eigenvalue weighted by Crippen LogP contribution is 2.40. The Labute approximate surface area is 288 Å². The van der Waals surface area contributed by atoms with E-state index < -0.39 is 0 Å². The zero-order valence-corrected chi connectivity index (χ0v) is 27.4. The van der Waals surface area contributed by atoms with Gasteiger partial charge in [0.05, 0.1) is 22.4 Å². The van der Waals surface area contributed by atoms with Crippen LogP contribution in [0.5, 0.6) is 0 Å². The Kier molecular flexibility index (Phi) is 7.15. The number of aromatic nitrogens is 1. The molecule has 0 saturated heterocycles. The third kappa shape index (κ3) is 5.20. The molecule has 0 bridgehead atoms. The number of hydrogen-bond donors (Lipinski definition) is 2. The van der Waals surface area contributed by atoms with Crippen LogP contribution >= 0.6 is 11.3 Å². The molecule has 0 unspecified atom stereocenters. The molecule has 7 aromatic carbocycles. The molecule has 3 nitrogen and oxygen atoms in total. The summed E-state index contributed by atoms with van der Waals surface area (Å²) in [5, 5.41) is 13.9. The Morgan fingerprint density at radius 2 is 1.12 bits per heavy atom. The van der Waals surface area contributed by atoms with Crippen molar-refractivity contribution in [1.29, 1.82) is 5.41 Å². The van der Waals surface area contributed by atoms with Gasteiger partial charge in [-0.1, -0.05) is 152 Å². The first kappa shape index (κ1) is 29.0. The number of hydrogen-bond acceptors (Lipinski definition) is 3. The normalized spacial score (nSPS) is 11.9. The van der Waals surface area contributed by atoms with Crippen LogP contribution in [0, 0.1) is 5.41 Å². The molecular weight excluding hydrogens is 615 g/mol. The molecule has 4 heteroatoms. The standard InChI is InChI=1S/C45H31N3S/c46-40(32-12-3-1-4-13-32)29-41(33-14-5-2-6-15-33)47-48-42-20-9-7-16-36(42)37-27-26-34(28-43(37)48)30-22-24-31(25-23-30)35-18-11-19-39-38-17-8-10-21-44(38)49-45(35)39/h1-29,46-47H/b41-29-,46-40?. The highest BCUT2D eigenvalue weighted by Gasteiger charge is 2.15. The topological polar surface area (TPSA) is 40.8 Å². The van der Waals surface area contributed by atoms with E-state index in [2.05, 4.69) is 131 Å². The number of rotatable bonds is 7. The Morgan fingerprint density at radius 3 is 1.92 bits per heavy atom. The van der Waals surface area contributed by atoms with Crippen LogP contribution in [-0.2, 0) is 0 Å². The molecule has 2 aromatic heterocycles. The first-order chi connectivity index (χ1) is 24.2. The highest BCUT2D eigenvalue weighted by atomic mass is 32.1. The molecule has 0 aliphatic carbocycles. The molecule has 0 aliphatic rings. The van der Waals surface area contributed by atoms with Gasteiger partial charge in [-0.05, 0) is 57.7 Å². The summed E-state index contributed by atoms with van der Waals surface area (Å²) >= 11 is 1.87. The first-order valence-corrected chi connectivity index (χ1v) is 17.3. The van der Waals surface area contributed by atoms with Crippen molar-refractivity contribution in [3.63, 3.8) is 0 Å². The summed E-state index contributed by atoms with van der Waals surface area (Å²) in [6, 6.07) is 59.6. The predicted molar refractivity (Wildman–Crippen MR) is 210 cm³/mol. The molecule has 0 atom stereocenters. The van der Waals surface area contributed by atoms with E-state index in [9.17, 15) is 0 Å². The monoisotopic (exact) mass is 645 g/mol. The Bertz CT molecular complexity index is 2680. The molecule has 0 fully saturated rings. The van der Waals surface area contributed by atoms with Crippen molar-refractivity contribution in [2.75, 3.05) is 5.43 Å². The maximum Gasteiger partial charge on any atom is 0.0716 e. The van der Waals surface area contributed by atoms with Gasteiger partial charge in [-0.15, -0.1) is 11.3 Å². The number of nitrogens with one attached hydrogen (secondary N) is 2. The maximum absolute atomic E-state index is 8.94. The van der Waals surface area contributed by atoms with E-state index in [0.29, 0.717) is 5.71 Å². The number of para-hydroxylation sites is 1. The summed E-state index contributed by atoms with van der Waals surface area (Å²) in [5.41, 5.74) is 13.9. The molecule has 49 heavy (non-hydrogen) atoms. The van der Waals surface area contributed by atoms with Gasteiger partial charge in [-0.2, -0.15) is 0 Å². The quantitative estimate of drug-likeness (QED) is 0.166. The van der Waals surface area contributed by atoms with E-state index in [1.807, 2.05) is 65.9 Å². The van der Waals surface area contributed by atoms with E-state index >= 15 is 0 Å². The van der Waals surface area contributed by atoms with Crippen molar-refractivity contribution in [3.05, 3.63) is 187 Å². The molecule has 232 valence electrons. The van der Waals surface area contributed by atoms with E-state index in [0.717, 1.165) is 39.0 Å². The van der Waals surface area contributed by atoms with E-state index in [4.69, 9.17) is 5.41 Å². The summed E-state index contributed by atoms with van der Waals surface area (Å²) < 4.78 is 4.82. The molecule has 0 spiro atoms. The minimum absolute atomic E-state index is 0.444.